The van der Waals surface area contributed by atoms with Crippen molar-refractivity contribution < 1.29 is 22.3 Å². The van der Waals surface area contributed by atoms with Crippen LogP contribution in [0.4, 0.5) is 8.78 Å². The van der Waals surface area contributed by atoms with E-state index in [4.69, 9.17) is 10.7 Å². The van der Waals surface area contributed by atoms with Crippen LogP contribution in [0.5, 0.6) is 5.75 Å². The molecule has 0 aliphatic rings. The van der Waals surface area contributed by atoms with Gasteiger partial charge in [0.25, 0.3) is 15.5 Å². The molecule has 0 spiro atoms. The molecule has 0 saturated carbocycles. The first-order valence-electron chi connectivity index (χ1n) is 3.67. The van der Waals surface area contributed by atoms with Gasteiger partial charge in [-0.05, 0) is 18.6 Å². The molecule has 0 atom stereocenters. The molecule has 84 valence electrons. The molecule has 1 heterocycles. The molecule has 0 aliphatic heterocycles. The largest absolute Gasteiger partial charge is 0.505 e. The third kappa shape index (κ3) is 2.54. The summed E-state index contributed by atoms with van der Waals surface area (Å²) in [5, 5.41) is 8.32. The number of aromatic hydroxyl groups is 1. The summed E-state index contributed by atoms with van der Waals surface area (Å²) in [6, 6.07) is 0.894. The molecule has 0 saturated heterocycles. The van der Waals surface area contributed by atoms with Gasteiger partial charge in [-0.25, -0.2) is 22.2 Å². The van der Waals surface area contributed by atoms with E-state index in [9.17, 15) is 22.3 Å². The molecular weight excluding hydrogens is 252 g/mol. The summed E-state index contributed by atoms with van der Waals surface area (Å²) >= 11 is 0. The van der Waals surface area contributed by atoms with E-state index >= 15 is 0 Å². The number of hydrogen-bond acceptors (Lipinski definition) is 4. The molecule has 1 rings (SSSR count). The highest BCUT2D eigenvalue weighted by Gasteiger charge is 2.23. The molecule has 1 N–H and O–H groups in total. The summed E-state index contributed by atoms with van der Waals surface area (Å²) in [6.07, 6.45) is -2.93. The lowest BCUT2D eigenvalue weighted by atomic mass is 10.2. The number of alkyl halides is 2. The van der Waals surface area contributed by atoms with Crippen molar-refractivity contribution in [3.05, 3.63) is 17.3 Å². The van der Waals surface area contributed by atoms with Crippen LogP contribution in [0.25, 0.3) is 0 Å². The van der Waals surface area contributed by atoms with Gasteiger partial charge in [0, 0.05) is 10.7 Å². The Bertz CT molecular complexity index is 489. The van der Waals surface area contributed by atoms with Gasteiger partial charge in [-0.3, -0.25) is 0 Å². The fourth-order valence-corrected chi connectivity index (χ4v) is 1.87. The van der Waals surface area contributed by atoms with Crippen molar-refractivity contribution in [1.29, 1.82) is 0 Å². The Morgan fingerprint density at radius 2 is 2.07 bits per heavy atom. The van der Waals surface area contributed by atoms with Gasteiger partial charge in [0.2, 0.25) is 5.03 Å². The Morgan fingerprint density at radius 1 is 1.53 bits per heavy atom. The zero-order chi connectivity index (χ0) is 11.8. The topological polar surface area (TPSA) is 67.3 Å². The van der Waals surface area contributed by atoms with Crippen LogP contribution in [-0.4, -0.2) is 18.5 Å². The fourth-order valence-electron chi connectivity index (χ4n) is 0.943. The van der Waals surface area contributed by atoms with Gasteiger partial charge in [-0.2, -0.15) is 0 Å². The number of aryl methyl sites for hydroxylation is 1. The molecule has 4 nitrogen and oxygen atoms in total. The van der Waals surface area contributed by atoms with E-state index in [1.807, 2.05) is 0 Å². The van der Waals surface area contributed by atoms with Crippen LogP contribution in [0, 0.1) is 6.92 Å². The molecular formula is C7H6ClF2NO3S. The van der Waals surface area contributed by atoms with Gasteiger partial charge in [-0.1, -0.05) is 0 Å². The number of halogens is 3. The van der Waals surface area contributed by atoms with Gasteiger partial charge < -0.3 is 5.11 Å². The number of nitrogens with zero attached hydrogens (tertiary/aromatic N) is 1. The zero-order valence-electron chi connectivity index (χ0n) is 7.41. The Kier molecular flexibility index (Phi) is 3.15. The Balaban J connectivity index is 3.52. The van der Waals surface area contributed by atoms with Gasteiger partial charge in [0.05, 0.1) is 0 Å². The number of pyridine rings is 1. The maximum absolute atomic E-state index is 12.3. The van der Waals surface area contributed by atoms with Crippen molar-refractivity contribution in [1.82, 2.24) is 4.98 Å². The molecule has 1 aromatic rings. The second kappa shape index (κ2) is 3.90. The van der Waals surface area contributed by atoms with Gasteiger partial charge in [0.15, 0.2) is 5.75 Å². The van der Waals surface area contributed by atoms with Crippen LogP contribution in [-0.2, 0) is 9.05 Å². The lowest BCUT2D eigenvalue weighted by Gasteiger charge is -2.06. The first kappa shape index (κ1) is 12.1. The van der Waals surface area contributed by atoms with Crippen LogP contribution in [0.1, 0.15) is 17.7 Å². The van der Waals surface area contributed by atoms with Gasteiger partial charge >= 0.3 is 0 Å². The minimum atomic E-state index is -4.33. The molecule has 0 bridgehead atoms. The van der Waals surface area contributed by atoms with Crippen molar-refractivity contribution >= 4 is 19.7 Å². The highest BCUT2D eigenvalue weighted by atomic mass is 35.7. The van der Waals surface area contributed by atoms with E-state index in [0.29, 0.717) is 0 Å². The maximum atomic E-state index is 12.3. The highest BCUT2D eigenvalue weighted by molar-refractivity contribution is 8.13. The van der Waals surface area contributed by atoms with Gasteiger partial charge in [0.1, 0.15) is 5.69 Å². The van der Waals surface area contributed by atoms with Crippen LogP contribution in [0.3, 0.4) is 0 Å². The zero-order valence-corrected chi connectivity index (χ0v) is 8.98. The predicted molar refractivity (Wildman–Crippen MR) is 48.6 cm³/mol. The van der Waals surface area contributed by atoms with Crippen LogP contribution in [0.15, 0.2) is 11.1 Å². The summed E-state index contributed by atoms with van der Waals surface area (Å²) < 4.78 is 46.3. The quantitative estimate of drug-likeness (QED) is 0.823. The second-order valence-electron chi connectivity index (χ2n) is 2.76. The smallest absolute Gasteiger partial charge is 0.282 e. The van der Waals surface area contributed by atoms with Crippen LogP contribution < -0.4 is 0 Å². The molecule has 0 amide bonds. The van der Waals surface area contributed by atoms with Crippen LogP contribution >= 0.6 is 10.7 Å². The minimum absolute atomic E-state index is 0.0282. The van der Waals surface area contributed by atoms with Crippen molar-refractivity contribution in [2.24, 2.45) is 0 Å². The average Bonchev–Trinajstić information content (AvgIpc) is 2.06. The van der Waals surface area contributed by atoms with Crippen molar-refractivity contribution in [3.8, 4) is 5.75 Å². The lowest BCUT2D eigenvalue weighted by Crippen LogP contribution is -2.01. The number of rotatable bonds is 2. The second-order valence-corrected chi connectivity index (χ2v) is 5.24. The minimum Gasteiger partial charge on any atom is -0.505 e. The molecule has 1 aromatic heterocycles. The maximum Gasteiger partial charge on any atom is 0.282 e. The molecule has 8 heteroatoms. The summed E-state index contributed by atoms with van der Waals surface area (Å²) in [6.45, 7) is 1.27. The van der Waals surface area contributed by atoms with E-state index in [0.717, 1.165) is 6.07 Å². The van der Waals surface area contributed by atoms with E-state index in [2.05, 4.69) is 4.98 Å². The third-order valence-electron chi connectivity index (χ3n) is 1.63. The number of aromatic nitrogens is 1. The molecule has 0 radical (unpaired) electrons. The summed E-state index contributed by atoms with van der Waals surface area (Å²) in [5.74, 6) is -0.714. The SMILES string of the molecule is Cc1cc(C(F)F)nc(S(=O)(=O)Cl)c1O. The Morgan fingerprint density at radius 3 is 2.47 bits per heavy atom. The molecule has 0 aliphatic carbocycles. The first-order chi connectivity index (χ1) is 6.73. The summed E-state index contributed by atoms with van der Waals surface area (Å²) in [4.78, 5) is 3.08. The average molecular weight is 258 g/mol. The highest BCUT2D eigenvalue weighted by Crippen LogP contribution is 2.30. The molecule has 0 unspecified atom stereocenters. The first-order valence-corrected chi connectivity index (χ1v) is 5.97. The Hall–Kier alpha value is -0.950. The van der Waals surface area contributed by atoms with E-state index in [1.54, 1.807) is 0 Å². The molecule has 0 fully saturated rings. The van der Waals surface area contributed by atoms with E-state index in [1.165, 1.54) is 6.92 Å². The standard InChI is InChI=1S/C7H6ClF2NO3S/c1-3-2-4(6(9)10)11-7(5(3)12)15(8,13)14/h2,6,12H,1H3. The summed E-state index contributed by atoms with van der Waals surface area (Å²) in [5.41, 5.74) is -0.774. The lowest BCUT2D eigenvalue weighted by molar-refractivity contribution is 0.145. The monoisotopic (exact) mass is 257 g/mol. The van der Waals surface area contributed by atoms with E-state index < -0.39 is 31.9 Å². The molecule has 15 heavy (non-hydrogen) atoms. The van der Waals surface area contributed by atoms with Crippen molar-refractivity contribution in [2.75, 3.05) is 0 Å². The van der Waals surface area contributed by atoms with E-state index in [-0.39, 0.29) is 5.56 Å². The van der Waals surface area contributed by atoms with Crippen molar-refractivity contribution in [3.63, 3.8) is 0 Å². The third-order valence-corrected chi connectivity index (χ3v) is 2.81. The molecule has 0 aromatic carbocycles. The van der Waals surface area contributed by atoms with Crippen LogP contribution in [0.2, 0.25) is 0 Å². The number of hydrogen-bond donors (Lipinski definition) is 1. The predicted octanol–water partition coefficient (Wildman–Crippen LogP) is 1.96. The Labute approximate surface area is 88.9 Å². The normalized spacial score (nSPS) is 12.1. The fraction of sp³-hybridized carbons (Fsp3) is 0.286. The summed E-state index contributed by atoms with van der Waals surface area (Å²) in [7, 11) is 0.583. The van der Waals surface area contributed by atoms with Gasteiger partial charge in [-0.15, -0.1) is 0 Å². The van der Waals surface area contributed by atoms with Crippen molar-refractivity contribution in [2.45, 2.75) is 18.4 Å².